The van der Waals surface area contributed by atoms with Gasteiger partial charge in [-0.1, -0.05) is 6.07 Å². The van der Waals surface area contributed by atoms with Crippen LogP contribution in [0.2, 0.25) is 0 Å². The highest BCUT2D eigenvalue weighted by molar-refractivity contribution is 7.09. The van der Waals surface area contributed by atoms with E-state index in [9.17, 15) is 4.79 Å². The van der Waals surface area contributed by atoms with Gasteiger partial charge in [0.25, 0.3) is 0 Å². The fraction of sp³-hybridized carbons (Fsp3) is 0.462. The summed E-state index contributed by atoms with van der Waals surface area (Å²) in [7, 11) is 0. The Labute approximate surface area is 106 Å². The summed E-state index contributed by atoms with van der Waals surface area (Å²) in [6.07, 6.45) is 0.907. The third-order valence-electron chi connectivity index (χ3n) is 3.01. The molecule has 1 aromatic heterocycles. The van der Waals surface area contributed by atoms with Crippen molar-refractivity contribution in [3.63, 3.8) is 0 Å². The smallest absolute Gasteiger partial charge is 0.247 e. The second-order valence-electron chi connectivity index (χ2n) is 4.49. The van der Waals surface area contributed by atoms with Crippen molar-refractivity contribution in [2.75, 3.05) is 13.1 Å². The maximum absolute atomic E-state index is 11.9. The van der Waals surface area contributed by atoms with Crippen molar-refractivity contribution in [1.82, 2.24) is 10.6 Å². The zero-order valence-corrected chi connectivity index (χ0v) is 11.1. The topological polar surface area (TPSA) is 41.1 Å². The van der Waals surface area contributed by atoms with Gasteiger partial charge < -0.3 is 10.6 Å². The number of nitrogens with one attached hydrogen (secondary N) is 2. The second-order valence-corrected chi connectivity index (χ2v) is 5.52. The number of hydrogen-bond donors (Lipinski definition) is 2. The number of thiophene rings is 1. The molecule has 0 aliphatic carbocycles. The minimum atomic E-state index is 0.0746. The van der Waals surface area contributed by atoms with Crippen LogP contribution in [0.25, 0.3) is 0 Å². The molecule has 0 aromatic carbocycles. The normalized spacial score (nSPS) is 16.2. The van der Waals surface area contributed by atoms with E-state index in [1.807, 2.05) is 13.0 Å². The molecule has 17 heavy (non-hydrogen) atoms. The zero-order chi connectivity index (χ0) is 12.3. The van der Waals surface area contributed by atoms with Crippen molar-refractivity contribution in [1.29, 1.82) is 0 Å². The number of amides is 1. The lowest BCUT2D eigenvalue weighted by Gasteiger charge is -2.22. The number of hydrogen-bond acceptors (Lipinski definition) is 3. The Morgan fingerprint density at radius 1 is 1.59 bits per heavy atom. The van der Waals surface area contributed by atoms with Crippen molar-refractivity contribution in [3.05, 3.63) is 33.5 Å². The third-order valence-corrected chi connectivity index (χ3v) is 3.91. The van der Waals surface area contributed by atoms with Crippen molar-refractivity contribution >= 4 is 17.2 Å². The summed E-state index contributed by atoms with van der Waals surface area (Å²) in [5.74, 6) is 0.0746. The molecule has 1 aliphatic heterocycles. The molecular weight excluding hydrogens is 232 g/mol. The Bertz CT molecular complexity index is 417. The van der Waals surface area contributed by atoms with Crippen molar-refractivity contribution in [3.8, 4) is 0 Å². The van der Waals surface area contributed by atoms with Gasteiger partial charge >= 0.3 is 0 Å². The monoisotopic (exact) mass is 250 g/mol. The SMILES string of the molecule is CC(C(=O)NC(C)Cc1cccs1)=C1CNC1. The van der Waals surface area contributed by atoms with Gasteiger partial charge in [0.15, 0.2) is 0 Å². The minimum absolute atomic E-state index is 0.0746. The summed E-state index contributed by atoms with van der Waals surface area (Å²) in [5.41, 5.74) is 2.10. The Hall–Kier alpha value is -1.13. The van der Waals surface area contributed by atoms with Crippen LogP contribution in [0.1, 0.15) is 18.7 Å². The van der Waals surface area contributed by atoms with Gasteiger partial charge in [-0.2, -0.15) is 0 Å². The summed E-state index contributed by atoms with van der Waals surface area (Å²) in [6, 6.07) is 4.33. The Kier molecular flexibility index (Phi) is 3.97. The van der Waals surface area contributed by atoms with E-state index in [0.29, 0.717) is 0 Å². The molecule has 0 spiro atoms. The summed E-state index contributed by atoms with van der Waals surface area (Å²) >= 11 is 1.74. The number of carbonyl (C=O) groups excluding carboxylic acids is 1. The van der Waals surface area contributed by atoms with Crippen LogP contribution in [0.4, 0.5) is 0 Å². The predicted molar refractivity (Wildman–Crippen MR) is 71.2 cm³/mol. The first-order valence-electron chi connectivity index (χ1n) is 5.89. The summed E-state index contributed by atoms with van der Waals surface area (Å²) in [5, 5.41) is 8.27. The van der Waals surface area contributed by atoms with Crippen molar-refractivity contribution in [2.24, 2.45) is 0 Å². The second kappa shape index (κ2) is 5.47. The highest BCUT2D eigenvalue weighted by Crippen LogP contribution is 2.12. The van der Waals surface area contributed by atoms with Crippen molar-refractivity contribution in [2.45, 2.75) is 26.3 Å². The van der Waals surface area contributed by atoms with E-state index in [1.165, 1.54) is 10.5 Å². The predicted octanol–water partition coefficient (Wildman–Crippen LogP) is 1.72. The first-order chi connectivity index (χ1) is 8.16. The van der Waals surface area contributed by atoms with Crippen LogP contribution in [0, 0.1) is 0 Å². The summed E-state index contributed by atoms with van der Waals surface area (Å²) < 4.78 is 0. The average Bonchev–Trinajstić information content (AvgIpc) is 2.67. The molecule has 2 heterocycles. The Morgan fingerprint density at radius 3 is 2.88 bits per heavy atom. The molecule has 2 N–H and O–H groups in total. The molecule has 1 atom stereocenters. The molecule has 0 saturated carbocycles. The third kappa shape index (κ3) is 3.17. The van der Waals surface area contributed by atoms with Gasteiger partial charge in [-0.05, 0) is 30.9 Å². The van der Waals surface area contributed by atoms with E-state index >= 15 is 0 Å². The van der Waals surface area contributed by atoms with E-state index in [4.69, 9.17) is 0 Å². The standard InChI is InChI=1S/C13H18N2OS/c1-9(6-12-4-3-5-17-12)15-13(16)10(2)11-7-14-8-11/h3-5,9,14H,6-8H2,1-2H3,(H,15,16). The van der Waals surface area contributed by atoms with Crippen LogP contribution in [-0.2, 0) is 11.2 Å². The molecule has 1 unspecified atom stereocenters. The molecule has 3 nitrogen and oxygen atoms in total. The molecule has 4 heteroatoms. The van der Waals surface area contributed by atoms with Gasteiger partial charge in [-0.15, -0.1) is 11.3 Å². The first-order valence-corrected chi connectivity index (χ1v) is 6.77. The molecule has 1 aromatic rings. The highest BCUT2D eigenvalue weighted by atomic mass is 32.1. The minimum Gasteiger partial charge on any atom is -0.350 e. The fourth-order valence-corrected chi connectivity index (χ4v) is 2.62. The molecule has 0 bridgehead atoms. The molecule has 1 amide bonds. The van der Waals surface area contributed by atoms with Crippen LogP contribution in [-0.4, -0.2) is 25.0 Å². The van der Waals surface area contributed by atoms with Crippen LogP contribution in [0.3, 0.4) is 0 Å². The Balaban J connectivity index is 1.86. The number of carbonyl (C=O) groups is 1. The largest absolute Gasteiger partial charge is 0.350 e. The maximum Gasteiger partial charge on any atom is 0.247 e. The van der Waals surface area contributed by atoms with E-state index in [-0.39, 0.29) is 11.9 Å². The maximum atomic E-state index is 11.9. The van der Waals surface area contributed by atoms with E-state index in [1.54, 1.807) is 11.3 Å². The van der Waals surface area contributed by atoms with E-state index < -0.39 is 0 Å². The molecule has 92 valence electrons. The van der Waals surface area contributed by atoms with Crippen LogP contribution < -0.4 is 10.6 Å². The molecule has 1 aliphatic rings. The van der Waals surface area contributed by atoms with Gasteiger partial charge in [0.05, 0.1) is 0 Å². The van der Waals surface area contributed by atoms with Gasteiger partial charge in [-0.25, -0.2) is 0 Å². The molecule has 2 rings (SSSR count). The van der Waals surface area contributed by atoms with Crippen molar-refractivity contribution < 1.29 is 4.79 Å². The van der Waals surface area contributed by atoms with Crippen LogP contribution in [0.5, 0.6) is 0 Å². The van der Waals surface area contributed by atoms with Crippen LogP contribution >= 0.6 is 11.3 Å². The first kappa shape index (κ1) is 12.3. The van der Waals surface area contributed by atoms with Gasteiger partial charge in [-0.3, -0.25) is 4.79 Å². The lowest BCUT2D eigenvalue weighted by atomic mass is 10.0. The number of rotatable bonds is 4. The quantitative estimate of drug-likeness (QED) is 0.799. The van der Waals surface area contributed by atoms with Gasteiger partial charge in [0.1, 0.15) is 0 Å². The highest BCUT2D eigenvalue weighted by Gasteiger charge is 2.17. The van der Waals surface area contributed by atoms with E-state index in [0.717, 1.165) is 25.1 Å². The summed E-state index contributed by atoms with van der Waals surface area (Å²) in [4.78, 5) is 13.2. The summed E-state index contributed by atoms with van der Waals surface area (Å²) in [6.45, 7) is 5.68. The van der Waals surface area contributed by atoms with E-state index in [2.05, 4.69) is 29.0 Å². The lowest BCUT2D eigenvalue weighted by molar-refractivity contribution is -0.118. The zero-order valence-electron chi connectivity index (χ0n) is 10.2. The van der Waals surface area contributed by atoms with Gasteiger partial charge in [0, 0.05) is 36.0 Å². The fourth-order valence-electron chi connectivity index (χ4n) is 1.79. The lowest BCUT2D eigenvalue weighted by Crippen LogP contribution is -2.40. The van der Waals surface area contributed by atoms with Crippen LogP contribution in [0.15, 0.2) is 28.7 Å². The Morgan fingerprint density at radius 2 is 2.35 bits per heavy atom. The molecular formula is C13H18N2OS. The molecule has 1 saturated heterocycles. The van der Waals surface area contributed by atoms with Gasteiger partial charge in [0.2, 0.25) is 5.91 Å². The molecule has 1 fully saturated rings. The molecule has 0 radical (unpaired) electrons. The average molecular weight is 250 g/mol.